The average molecular weight is 306 g/mol. The molecule has 0 bridgehead atoms. The van der Waals surface area contributed by atoms with Crippen molar-refractivity contribution in [2.75, 3.05) is 5.32 Å². The summed E-state index contributed by atoms with van der Waals surface area (Å²) in [5.74, 6) is -1.33. The quantitative estimate of drug-likeness (QED) is 0.839. The molecule has 0 saturated heterocycles. The predicted molar refractivity (Wildman–Crippen MR) is 83.8 cm³/mol. The van der Waals surface area contributed by atoms with Gasteiger partial charge in [-0.05, 0) is 38.8 Å². The number of nitrogens with one attached hydrogen (secondary N) is 2. The minimum absolute atomic E-state index is 0.0889. The summed E-state index contributed by atoms with van der Waals surface area (Å²) in [6.07, 6.45) is 5.32. The lowest BCUT2D eigenvalue weighted by Gasteiger charge is -2.28. The topological polar surface area (TPSA) is 58.2 Å². The largest absolute Gasteiger partial charge is 0.352 e. The molecule has 0 spiro atoms. The molecule has 120 valence electrons. The molecule has 0 unspecified atom stereocenters. The van der Waals surface area contributed by atoms with Gasteiger partial charge in [-0.15, -0.1) is 0 Å². The molecule has 0 aromatic heterocycles. The Balaban J connectivity index is 2.00. The number of rotatable bonds is 4. The number of para-hydroxylation sites is 1. The lowest BCUT2D eigenvalue weighted by Crippen LogP contribution is -2.49. The summed E-state index contributed by atoms with van der Waals surface area (Å²) in [5.41, 5.74) is -1.16. The minimum atomic E-state index is -1.25. The number of anilines is 1. The normalized spacial score (nSPS) is 16.1. The van der Waals surface area contributed by atoms with Gasteiger partial charge in [0.05, 0.1) is 5.69 Å². The van der Waals surface area contributed by atoms with E-state index in [0.29, 0.717) is 0 Å². The van der Waals surface area contributed by atoms with Crippen LogP contribution in [0.5, 0.6) is 0 Å². The van der Waals surface area contributed by atoms with Crippen molar-refractivity contribution in [2.45, 2.75) is 52.0 Å². The fraction of sp³-hybridized carbons (Fsp3) is 0.529. The molecular weight excluding hydrogens is 283 g/mol. The first-order chi connectivity index (χ1) is 10.4. The van der Waals surface area contributed by atoms with Crippen molar-refractivity contribution in [2.24, 2.45) is 5.41 Å². The maximum Gasteiger partial charge on any atom is 0.239 e. The number of hydrogen-bond donors (Lipinski definition) is 2. The lowest BCUT2D eigenvalue weighted by molar-refractivity contribution is -0.139. The van der Waals surface area contributed by atoms with E-state index in [-0.39, 0.29) is 17.6 Å². The summed E-state index contributed by atoms with van der Waals surface area (Å²) in [4.78, 5) is 24.7. The molecule has 22 heavy (non-hydrogen) atoms. The van der Waals surface area contributed by atoms with Gasteiger partial charge >= 0.3 is 0 Å². The van der Waals surface area contributed by atoms with E-state index in [4.69, 9.17) is 0 Å². The van der Waals surface area contributed by atoms with Gasteiger partial charge in [-0.2, -0.15) is 0 Å². The molecule has 2 N–H and O–H groups in total. The Morgan fingerprint density at radius 1 is 1.09 bits per heavy atom. The van der Waals surface area contributed by atoms with Gasteiger partial charge in [-0.3, -0.25) is 9.59 Å². The van der Waals surface area contributed by atoms with Crippen LogP contribution >= 0.6 is 0 Å². The SMILES string of the molecule is CC(C)(C(=O)Nc1ccccc1F)C(=O)NC1CCCCC1. The molecule has 1 aliphatic carbocycles. The molecule has 5 heteroatoms. The number of carbonyl (C=O) groups is 2. The fourth-order valence-electron chi connectivity index (χ4n) is 2.56. The molecule has 1 aliphatic rings. The van der Waals surface area contributed by atoms with Crippen LogP contribution in [-0.2, 0) is 9.59 Å². The smallest absolute Gasteiger partial charge is 0.239 e. The summed E-state index contributed by atoms with van der Waals surface area (Å²) >= 11 is 0. The first-order valence-corrected chi connectivity index (χ1v) is 7.78. The highest BCUT2D eigenvalue weighted by Crippen LogP contribution is 2.23. The van der Waals surface area contributed by atoms with Crippen LogP contribution in [0.25, 0.3) is 0 Å². The van der Waals surface area contributed by atoms with Crippen molar-refractivity contribution in [3.8, 4) is 0 Å². The van der Waals surface area contributed by atoms with Crippen molar-refractivity contribution in [1.29, 1.82) is 0 Å². The summed E-state index contributed by atoms with van der Waals surface area (Å²) in [6, 6.07) is 6.06. The average Bonchev–Trinajstić information content (AvgIpc) is 2.50. The molecule has 1 saturated carbocycles. The number of carbonyl (C=O) groups excluding carboxylic acids is 2. The van der Waals surface area contributed by atoms with Crippen molar-refractivity contribution in [1.82, 2.24) is 5.32 Å². The van der Waals surface area contributed by atoms with Gasteiger partial charge in [0, 0.05) is 6.04 Å². The lowest BCUT2D eigenvalue weighted by atomic mass is 9.88. The number of amides is 2. The van der Waals surface area contributed by atoms with E-state index >= 15 is 0 Å². The number of hydrogen-bond acceptors (Lipinski definition) is 2. The molecule has 1 fully saturated rings. The van der Waals surface area contributed by atoms with Crippen molar-refractivity contribution in [3.63, 3.8) is 0 Å². The van der Waals surface area contributed by atoms with Gasteiger partial charge in [0.15, 0.2) is 0 Å². The van der Waals surface area contributed by atoms with Gasteiger partial charge in [0.2, 0.25) is 11.8 Å². The van der Waals surface area contributed by atoms with Gasteiger partial charge in [0.1, 0.15) is 11.2 Å². The van der Waals surface area contributed by atoms with Crippen LogP contribution in [0.4, 0.5) is 10.1 Å². The van der Waals surface area contributed by atoms with E-state index in [1.165, 1.54) is 18.6 Å². The zero-order valence-electron chi connectivity index (χ0n) is 13.1. The van der Waals surface area contributed by atoms with Crippen LogP contribution < -0.4 is 10.6 Å². The van der Waals surface area contributed by atoms with Gasteiger partial charge in [-0.25, -0.2) is 4.39 Å². The standard InChI is InChI=1S/C17H23FN2O2/c1-17(2,15(21)19-12-8-4-3-5-9-12)16(22)20-14-11-7-6-10-13(14)18/h6-7,10-12H,3-5,8-9H2,1-2H3,(H,19,21)(H,20,22). The Bertz CT molecular complexity index is 551. The van der Waals surface area contributed by atoms with E-state index in [1.54, 1.807) is 26.0 Å². The first kappa shape index (κ1) is 16.5. The van der Waals surface area contributed by atoms with E-state index in [2.05, 4.69) is 10.6 Å². The third-order valence-corrected chi connectivity index (χ3v) is 4.20. The molecular formula is C17H23FN2O2. The maximum absolute atomic E-state index is 13.6. The summed E-state index contributed by atoms with van der Waals surface area (Å²) in [6.45, 7) is 3.11. The Hall–Kier alpha value is -1.91. The highest BCUT2D eigenvalue weighted by Gasteiger charge is 2.37. The summed E-state index contributed by atoms with van der Waals surface area (Å²) in [7, 11) is 0. The van der Waals surface area contributed by atoms with Crippen LogP contribution in [0, 0.1) is 11.2 Å². The Morgan fingerprint density at radius 3 is 2.36 bits per heavy atom. The molecule has 4 nitrogen and oxygen atoms in total. The zero-order valence-corrected chi connectivity index (χ0v) is 13.1. The van der Waals surface area contributed by atoms with E-state index in [1.807, 2.05) is 0 Å². The second-order valence-electron chi connectivity index (χ2n) is 6.37. The third kappa shape index (κ3) is 3.84. The van der Waals surface area contributed by atoms with Crippen LogP contribution in [0.15, 0.2) is 24.3 Å². The molecule has 2 rings (SSSR count). The van der Waals surface area contributed by atoms with Crippen LogP contribution in [0.1, 0.15) is 46.0 Å². The van der Waals surface area contributed by atoms with Gasteiger partial charge in [-0.1, -0.05) is 31.4 Å². The highest BCUT2D eigenvalue weighted by atomic mass is 19.1. The van der Waals surface area contributed by atoms with Crippen molar-refractivity contribution >= 4 is 17.5 Å². The number of benzene rings is 1. The maximum atomic E-state index is 13.6. The Morgan fingerprint density at radius 2 is 1.73 bits per heavy atom. The number of halogens is 1. The second-order valence-corrected chi connectivity index (χ2v) is 6.37. The van der Waals surface area contributed by atoms with Crippen LogP contribution in [0.2, 0.25) is 0 Å². The molecule has 0 heterocycles. The Kier molecular flexibility index (Phi) is 5.16. The molecule has 0 aliphatic heterocycles. The molecule has 2 amide bonds. The first-order valence-electron chi connectivity index (χ1n) is 7.78. The van der Waals surface area contributed by atoms with E-state index in [9.17, 15) is 14.0 Å². The molecule has 0 atom stereocenters. The molecule has 1 aromatic rings. The molecule has 1 aromatic carbocycles. The van der Waals surface area contributed by atoms with E-state index < -0.39 is 17.1 Å². The van der Waals surface area contributed by atoms with Crippen molar-refractivity contribution in [3.05, 3.63) is 30.1 Å². The third-order valence-electron chi connectivity index (χ3n) is 4.20. The fourth-order valence-corrected chi connectivity index (χ4v) is 2.56. The molecule has 0 radical (unpaired) electrons. The highest BCUT2D eigenvalue weighted by molar-refractivity contribution is 6.09. The van der Waals surface area contributed by atoms with Crippen LogP contribution in [-0.4, -0.2) is 17.9 Å². The zero-order chi connectivity index (χ0) is 16.2. The van der Waals surface area contributed by atoms with Gasteiger partial charge in [0.25, 0.3) is 0 Å². The van der Waals surface area contributed by atoms with Crippen molar-refractivity contribution < 1.29 is 14.0 Å². The minimum Gasteiger partial charge on any atom is -0.352 e. The predicted octanol–water partition coefficient (Wildman–Crippen LogP) is 3.24. The van der Waals surface area contributed by atoms with Gasteiger partial charge < -0.3 is 10.6 Å². The summed E-state index contributed by atoms with van der Waals surface area (Å²) < 4.78 is 13.6. The Labute approximate surface area is 130 Å². The summed E-state index contributed by atoms with van der Waals surface area (Å²) in [5, 5.41) is 5.44. The van der Waals surface area contributed by atoms with E-state index in [0.717, 1.165) is 25.7 Å². The monoisotopic (exact) mass is 306 g/mol. The van der Waals surface area contributed by atoms with Crippen LogP contribution in [0.3, 0.4) is 0 Å². The second kappa shape index (κ2) is 6.90.